The molecule has 1 aromatic rings. The highest BCUT2D eigenvalue weighted by atomic mass is 79.9. The quantitative estimate of drug-likeness (QED) is 0.144. The van der Waals surface area contributed by atoms with E-state index in [2.05, 4.69) is 33.2 Å². The van der Waals surface area contributed by atoms with Gasteiger partial charge in [-0.25, -0.2) is 4.99 Å². The predicted octanol–water partition coefficient (Wildman–Crippen LogP) is 7.91. The van der Waals surface area contributed by atoms with E-state index in [4.69, 9.17) is 10.5 Å². The molecular weight excluding hydrogens is 490 g/mol. The van der Waals surface area contributed by atoms with E-state index in [9.17, 15) is 4.79 Å². The monoisotopic (exact) mass is 535 g/mol. The SMILES string of the molecule is CCCCCCCCCCCCOc1ccc(Br)cc1C(=O)NC(N)=NC1CCCCCCC1. The zero-order valence-electron chi connectivity index (χ0n) is 21.3. The first-order chi connectivity index (χ1) is 16.6. The number of benzene rings is 1. The maximum atomic E-state index is 12.9. The van der Waals surface area contributed by atoms with E-state index in [0.717, 1.165) is 30.2 Å². The third-order valence-electron chi connectivity index (χ3n) is 6.58. The number of rotatable bonds is 14. The highest BCUT2D eigenvalue weighted by molar-refractivity contribution is 9.10. The van der Waals surface area contributed by atoms with Gasteiger partial charge in [-0.3, -0.25) is 10.1 Å². The lowest BCUT2D eigenvalue weighted by atomic mass is 9.97. The fraction of sp³-hybridized carbons (Fsp3) is 0.714. The van der Waals surface area contributed by atoms with Crippen LogP contribution in [0, 0.1) is 0 Å². The van der Waals surface area contributed by atoms with E-state index in [-0.39, 0.29) is 17.9 Å². The molecule has 192 valence electrons. The van der Waals surface area contributed by atoms with Crippen molar-refractivity contribution in [3.63, 3.8) is 0 Å². The van der Waals surface area contributed by atoms with Gasteiger partial charge < -0.3 is 10.5 Å². The van der Waals surface area contributed by atoms with Crippen molar-refractivity contribution in [1.29, 1.82) is 0 Å². The van der Waals surface area contributed by atoms with Gasteiger partial charge >= 0.3 is 0 Å². The zero-order chi connectivity index (χ0) is 24.4. The van der Waals surface area contributed by atoms with Gasteiger partial charge in [0.1, 0.15) is 5.75 Å². The number of hydrogen-bond donors (Lipinski definition) is 2. The molecule has 0 saturated heterocycles. The molecule has 34 heavy (non-hydrogen) atoms. The summed E-state index contributed by atoms with van der Waals surface area (Å²) in [6.07, 6.45) is 21.1. The molecule has 0 aliphatic heterocycles. The lowest BCUT2D eigenvalue weighted by Crippen LogP contribution is -2.38. The van der Waals surface area contributed by atoms with Crippen molar-refractivity contribution in [2.45, 2.75) is 122 Å². The average molecular weight is 537 g/mol. The number of nitrogens with one attached hydrogen (secondary N) is 1. The van der Waals surface area contributed by atoms with Crippen LogP contribution in [0.5, 0.6) is 5.75 Å². The number of aliphatic imine (C=N–C) groups is 1. The Morgan fingerprint density at radius 3 is 2.21 bits per heavy atom. The van der Waals surface area contributed by atoms with Crippen LogP contribution in [0.25, 0.3) is 0 Å². The van der Waals surface area contributed by atoms with Gasteiger partial charge in [0.2, 0.25) is 0 Å². The Bertz CT molecular complexity index is 730. The van der Waals surface area contributed by atoms with E-state index in [1.54, 1.807) is 6.07 Å². The van der Waals surface area contributed by atoms with E-state index in [1.165, 1.54) is 83.5 Å². The van der Waals surface area contributed by atoms with Gasteiger partial charge in [0.15, 0.2) is 5.96 Å². The van der Waals surface area contributed by atoms with Crippen molar-refractivity contribution in [2.75, 3.05) is 6.61 Å². The van der Waals surface area contributed by atoms with E-state index in [0.29, 0.717) is 17.9 Å². The van der Waals surface area contributed by atoms with Gasteiger partial charge in [-0.15, -0.1) is 0 Å². The van der Waals surface area contributed by atoms with Crippen LogP contribution < -0.4 is 15.8 Å². The topological polar surface area (TPSA) is 76.7 Å². The van der Waals surface area contributed by atoms with Crippen LogP contribution in [0.3, 0.4) is 0 Å². The maximum absolute atomic E-state index is 12.9. The smallest absolute Gasteiger partial charge is 0.261 e. The summed E-state index contributed by atoms with van der Waals surface area (Å²) in [6, 6.07) is 5.73. The minimum absolute atomic E-state index is 0.204. The zero-order valence-corrected chi connectivity index (χ0v) is 22.8. The summed E-state index contributed by atoms with van der Waals surface area (Å²) in [5.74, 6) is 0.526. The third-order valence-corrected chi connectivity index (χ3v) is 7.07. The molecule has 1 saturated carbocycles. The van der Waals surface area contributed by atoms with Gasteiger partial charge in [0, 0.05) is 4.47 Å². The van der Waals surface area contributed by atoms with Crippen LogP contribution in [0.1, 0.15) is 126 Å². The molecule has 0 atom stereocenters. The molecular formula is C28H46BrN3O2. The molecule has 0 aromatic heterocycles. The van der Waals surface area contributed by atoms with Crippen molar-refractivity contribution >= 4 is 27.8 Å². The number of nitrogens with zero attached hydrogens (tertiary/aromatic N) is 1. The number of carbonyl (C=O) groups is 1. The Balaban J connectivity index is 1.75. The Kier molecular flexibility index (Phi) is 15.0. The molecule has 0 unspecified atom stereocenters. The maximum Gasteiger partial charge on any atom is 0.261 e. The summed E-state index contributed by atoms with van der Waals surface area (Å²) in [5.41, 5.74) is 6.58. The largest absolute Gasteiger partial charge is 0.493 e. The molecule has 1 fully saturated rings. The molecule has 1 aromatic carbocycles. The van der Waals surface area contributed by atoms with Gasteiger partial charge in [-0.05, 0) is 37.5 Å². The van der Waals surface area contributed by atoms with Crippen molar-refractivity contribution in [2.24, 2.45) is 10.7 Å². The Morgan fingerprint density at radius 1 is 0.971 bits per heavy atom. The molecule has 0 bridgehead atoms. The van der Waals surface area contributed by atoms with Crippen LogP contribution in [-0.4, -0.2) is 24.5 Å². The minimum Gasteiger partial charge on any atom is -0.493 e. The van der Waals surface area contributed by atoms with Crippen LogP contribution in [0.15, 0.2) is 27.7 Å². The van der Waals surface area contributed by atoms with Crippen LogP contribution >= 0.6 is 15.9 Å². The van der Waals surface area contributed by atoms with Crippen LogP contribution in [0.2, 0.25) is 0 Å². The van der Waals surface area contributed by atoms with E-state index >= 15 is 0 Å². The lowest BCUT2D eigenvalue weighted by Gasteiger charge is -2.17. The number of guanidine groups is 1. The molecule has 1 aliphatic carbocycles. The van der Waals surface area contributed by atoms with Gasteiger partial charge in [-0.2, -0.15) is 0 Å². The lowest BCUT2D eigenvalue weighted by molar-refractivity contribution is 0.0972. The molecule has 5 nitrogen and oxygen atoms in total. The van der Waals surface area contributed by atoms with Crippen LogP contribution in [0.4, 0.5) is 0 Å². The highest BCUT2D eigenvalue weighted by Crippen LogP contribution is 2.24. The van der Waals surface area contributed by atoms with Crippen LogP contribution in [-0.2, 0) is 0 Å². The molecule has 0 heterocycles. The first kappa shape index (κ1) is 28.7. The summed E-state index contributed by atoms with van der Waals surface area (Å²) in [6.45, 7) is 2.87. The molecule has 0 radical (unpaired) electrons. The number of nitrogens with two attached hydrogens (primary N) is 1. The van der Waals surface area contributed by atoms with E-state index in [1.807, 2.05) is 12.1 Å². The Labute approximate surface area is 215 Å². The first-order valence-electron chi connectivity index (χ1n) is 13.7. The normalized spacial score (nSPS) is 15.5. The second-order valence-corrected chi connectivity index (χ2v) is 10.6. The second kappa shape index (κ2) is 17.8. The minimum atomic E-state index is -0.272. The van der Waals surface area contributed by atoms with Crippen molar-refractivity contribution < 1.29 is 9.53 Å². The fourth-order valence-electron chi connectivity index (χ4n) is 4.55. The number of carbonyl (C=O) groups excluding carboxylic acids is 1. The Morgan fingerprint density at radius 2 is 1.56 bits per heavy atom. The molecule has 0 spiro atoms. The number of hydrogen-bond acceptors (Lipinski definition) is 3. The summed E-state index contributed by atoms with van der Waals surface area (Å²) >= 11 is 3.47. The van der Waals surface area contributed by atoms with Gasteiger partial charge in [-0.1, -0.05) is 113 Å². The second-order valence-electron chi connectivity index (χ2n) is 9.64. The Hall–Kier alpha value is -1.56. The molecule has 2 rings (SSSR count). The predicted molar refractivity (Wildman–Crippen MR) is 147 cm³/mol. The number of halogens is 1. The van der Waals surface area contributed by atoms with Crippen molar-refractivity contribution in [1.82, 2.24) is 5.32 Å². The summed E-state index contributed by atoms with van der Waals surface area (Å²) in [5, 5.41) is 2.78. The third kappa shape index (κ3) is 12.2. The highest BCUT2D eigenvalue weighted by Gasteiger charge is 2.16. The standard InChI is InChI=1S/C28H46BrN3O2/c1-2-3-4-5-6-7-8-9-13-16-21-34-26-20-19-23(29)22-25(26)27(33)32-28(30)31-24-17-14-11-10-12-15-18-24/h19-20,22,24H,2-18,21H2,1H3,(H3,30,31,32,33). The van der Waals surface area contributed by atoms with Gasteiger partial charge in [0.05, 0.1) is 18.2 Å². The summed E-state index contributed by atoms with van der Waals surface area (Å²) in [7, 11) is 0. The number of unbranched alkanes of at least 4 members (excludes halogenated alkanes) is 9. The van der Waals surface area contributed by atoms with Crippen molar-refractivity contribution in [3.8, 4) is 5.75 Å². The van der Waals surface area contributed by atoms with Gasteiger partial charge in [0.25, 0.3) is 5.91 Å². The van der Waals surface area contributed by atoms with E-state index < -0.39 is 0 Å². The number of amides is 1. The summed E-state index contributed by atoms with van der Waals surface area (Å²) in [4.78, 5) is 17.5. The molecule has 1 aliphatic rings. The fourth-order valence-corrected chi connectivity index (χ4v) is 4.91. The first-order valence-corrected chi connectivity index (χ1v) is 14.5. The summed E-state index contributed by atoms with van der Waals surface area (Å²) < 4.78 is 6.82. The average Bonchev–Trinajstić information content (AvgIpc) is 2.80. The molecule has 1 amide bonds. The number of ether oxygens (including phenoxy) is 1. The molecule has 3 N–H and O–H groups in total. The van der Waals surface area contributed by atoms with Crippen molar-refractivity contribution in [3.05, 3.63) is 28.2 Å². The molecule has 6 heteroatoms.